The molecule has 1 saturated carbocycles. The van der Waals surface area contributed by atoms with Gasteiger partial charge in [-0.15, -0.1) is 0 Å². The molecule has 1 amide bonds. The number of benzene rings is 1. The van der Waals surface area contributed by atoms with Crippen molar-refractivity contribution in [3.05, 3.63) is 77.4 Å². The Kier molecular flexibility index (Phi) is 4.19. The van der Waals surface area contributed by atoms with Crippen LogP contribution in [0.25, 0.3) is 10.8 Å². The van der Waals surface area contributed by atoms with E-state index in [2.05, 4.69) is 48.3 Å². The number of aromatic nitrogens is 1. The molecule has 0 bridgehead atoms. The van der Waals surface area contributed by atoms with Gasteiger partial charge in [0.15, 0.2) is 5.78 Å². The van der Waals surface area contributed by atoms with E-state index in [-0.39, 0.29) is 23.7 Å². The predicted molar refractivity (Wildman–Crippen MR) is 121 cm³/mol. The van der Waals surface area contributed by atoms with Crippen LogP contribution in [0.4, 0.5) is 0 Å². The van der Waals surface area contributed by atoms with Crippen LogP contribution >= 0.6 is 0 Å². The number of primary amides is 1. The minimum atomic E-state index is -0.470. The monoisotopic (exact) mass is 426 g/mol. The second-order valence-electron chi connectivity index (χ2n) is 9.83. The summed E-state index contributed by atoms with van der Waals surface area (Å²) in [6.07, 6.45) is 12.9. The van der Waals surface area contributed by atoms with Gasteiger partial charge in [-0.1, -0.05) is 37.3 Å². The molecular weight excluding hydrogens is 400 g/mol. The lowest BCUT2D eigenvalue weighted by Crippen LogP contribution is -2.42. The van der Waals surface area contributed by atoms with Crippen LogP contribution in [-0.4, -0.2) is 22.8 Å². The maximum absolute atomic E-state index is 12.7. The van der Waals surface area contributed by atoms with E-state index < -0.39 is 11.8 Å². The molecule has 5 atom stereocenters. The molecule has 2 aromatic rings. The summed E-state index contributed by atoms with van der Waals surface area (Å²) >= 11 is 0. The number of Topliss-reactive ketones (excluding diaryl/α,β-unsaturated/α-hetero) is 1. The molecule has 1 aromatic carbocycles. The smallest absolute Gasteiger partial charge is 0.221 e. The van der Waals surface area contributed by atoms with Crippen LogP contribution in [0.2, 0.25) is 0 Å². The molecule has 1 unspecified atom stereocenters. The third-order valence-electron chi connectivity index (χ3n) is 8.18. The highest BCUT2D eigenvalue weighted by atomic mass is 16.5. The number of nitrogens with zero attached hydrogens (tertiary/aromatic N) is 1. The van der Waals surface area contributed by atoms with Crippen molar-refractivity contribution in [3.8, 4) is 0 Å². The maximum atomic E-state index is 12.7. The SMILES string of the molecule is C[C@]12C=CC3=CC4=C(CC(C(N)=O)CC4=O)O[C@H]3[C@@H]1CC[C@@H]2c1cccc2cnccc12. The van der Waals surface area contributed by atoms with Gasteiger partial charge in [0, 0.05) is 36.5 Å². The fraction of sp³-hybridized carbons (Fsp3) is 0.370. The van der Waals surface area contributed by atoms with E-state index in [1.54, 1.807) is 0 Å². The number of ketones is 1. The first-order valence-electron chi connectivity index (χ1n) is 11.4. The van der Waals surface area contributed by atoms with Gasteiger partial charge in [0.2, 0.25) is 5.91 Å². The van der Waals surface area contributed by atoms with Gasteiger partial charge in [-0.25, -0.2) is 0 Å². The quantitative estimate of drug-likeness (QED) is 0.774. The van der Waals surface area contributed by atoms with Gasteiger partial charge in [-0.05, 0) is 52.8 Å². The molecule has 1 fully saturated rings. The minimum Gasteiger partial charge on any atom is -0.489 e. The summed E-state index contributed by atoms with van der Waals surface area (Å²) in [4.78, 5) is 28.7. The molecule has 32 heavy (non-hydrogen) atoms. The van der Waals surface area contributed by atoms with E-state index in [0.717, 1.165) is 18.4 Å². The average Bonchev–Trinajstić information content (AvgIpc) is 3.15. The minimum absolute atomic E-state index is 0.0450. The number of carbonyl (C=O) groups excluding carboxylic acids is 2. The molecule has 3 aliphatic carbocycles. The van der Waals surface area contributed by atoms with E-state index in [0.29, 0.717) is 29.6 Å². The lowest BCUT2D eigenvalue weighted by atomic mass is 9.64. The van der Waals surface area contributed by atoms with Crippen LogP contribution in [0.15, 0.2) is 71.8 Å². The molecule has 6 rings (SSSR count). The van der Waals surface area contributed by atoms with Crippen LogP contribution in [0, 0.1) is 17.3 Å². The first kappa shape index (κ1) is 19.5. The van der Waals surface area contributed by atoms with Crippen molar-refractivity contribution in [1.29, 1.82) is 0 Å². The lowest BCUT2D eigenvalue weighted by molar-refractivity contribution is -0.127. The molecular formula is C27H26N2O3. The molecule has 162 valence electrons. The van der Waals surface area contributed by atoms with Crippen LogP contribution in [0.3, 0.4) is 0 Å². The van der Waals surface area contributed by atoms with Gasteiger partial charge >= 0.3 is 0 Å². The molecule has 0 saturated heterocycles. The Labute approximate surface area is 187 Å². The third kappa shape index (κ3) is 2.73. The van der Waals surface area contributed by atoms with Crippen molar-refractivity contribution < 1.29 is 14.3 Å². The van der Waals surface area contributed by atoms with Crippen molar-refractivity contribution in [3.63, 3.8) is 0 Å². The summed E-state index contributed by atoms with van der Waals surface area (Å²) in [5.41, 5.74) is 8.52. The zero-order chi connectivity index (χ0) is 22.0. The van der Waals surface area contributed by atoms with Gasteiger partial charge < -0.3 is 10.5 Å². The van der Waals surface area contributed by atoms with Crippen molar-refractivity contribution in [1.82, 2.24) is 4.98 Å². The molecule has 4 aliphatic rings. The van der Waals surface area contributed by atoms with Gasteiger partial charge in [-0.2, -0.15) is 0 Å². The number of pyridine rings is 1. The number of rotatable bonds is 2. The molecule has 2 N–H and O–H groups in total. The summed E-state index contributed by atoms with van der Waals surface area (Å²) in [7, 11) is 0. The lowest BCUT2D eigenvalue weighted by Gasteiger charge is -2.45. The third-order valence-corrected chi connectivity index (χ3v) is 8.18. The summed E-state index contributed by atoms with van der Waals surface area (Å²) in [5.74, 6) is 0.388. The van der Waals surface area contributed by atoms with E-state index >= 15 is 0 Å². The molecule has 5 nitrogen and oxygen atoms in total. The molecule has 1 aromatic heterocycles. The second kappa shape index (κ2) is 6.89. The Morgan fingerprint density at radius 1 is 1.22 bits per heavy atom. The zero-order valence-corrected chi connectivity index (χ0v) is 18.1. The zero-order valence-electron chi connectivity index (χ0n) is 18.1. The summed E-state index contributed by atoms with van der Waals surface area (Å²) in [6.45, 7) is 2.34. The van der Waals surface area contributed by atoms with E-state index in [4.69, 9.17) is 10.5 Å². The number of ether oxygens (including phenoxy) is 1. The molecule has 0 spiro atoms. The highest BCUT2D eigenvalue weighted by Gasteiger charge is 2.53. The van der Waals surface area contributed by atoms with Crippen molar-refractivity contribution in [2.24, 2.45) is 23.0 Å². The topological polar surface area (TPSA) is 82.3 Å². The number of hydrogen-bond acceptors (Lipinski definition) is 4. The number of amides is 1. The average molecular weight is 427 g/mol. The van der Waals surface area contributed by atoms with Crippen molar-refractivity contribution >= 4 is 22.5 Å². The predicted octanol–water partition coefficient (Wildman–Crippen LogP) is 4.35. The fourth-order valence-electron chi connectivity index (χ4n) is 6.46. The fourth-order valence-corrected chi connectivity index (χ4v) is 6.46. The first-order chi connectivity index (χ1) is 15.5. The molecule has 0 radical (unpaired) electrons. The van der Waals surface area contributed by atoms with Crippen LogP contribution in [0.1, 0.15) is 44.1 Å². The van der Waals surface area contributed by atoms with Crippen LogP contribution in [0.5, 0.6) is 0 Å². The Balaban J connectivity index is 1.38. The van der Waals surface area contributed by atoms with Crippen LogP contribution in [-0.2, 0) is 14.3 Å². The number of fused-ring (bicyclic) bond motifs is 4. The standard InChI is InChI=1S/C27H26N2O3/c1-27-9-7-15-11-20-23(30)12-17(26(28)31)13-24(20)32-25(15)22(27)6-5-21(27)19-4-2-3-16-14-29-10-8-18(16)19/h2-4,7-11,14,17,21-22,25H,5-6,12-13H2,1H3,(H2,28,31)/t17?,21-,22+,25-,27-/m1/s1. The number of allylic oxidation sites excluding steroid dienone is 4. The highest BCUT2D eigenvalue weighted by molar-refractivity contribution is 6.02. The Hall–Kier alpha value is -3.21. The largest absolute Gasteiger partial charge is 0.489 e. The Morgan fingerprint density at radius 3 is 2.94 bits per heavy atom. The summed E-state index contributed by atoms with van der Waals surface area (Å²) in [6, 6.07) is 8.61. The van der Waals surface area contributed by atoms with E-state index in [1.165, 1.54) is 16.3 Å². The van der Waals surface area contributed by atoms with Gasteiger partial charge in [0.05, 0.1) is 11.5 Å². The summed E-state index contributed by atoms with van der Waals surface area (Å²) < 4.78 is 6.52. The Morgan fingerprint density at radius 2 is 2.09 bits per heavy atom. The van der Waals surface area contributed by atoms with Crippen molar-refractivity contribution in [2.75, 3.05) is 0 Å². The van der Waals surface area contributed by atoms with Crippen LogP contribution < -0.4 is 5.73 Å². The van der Waals surface area contributed by atoms with E-state index in [1.807, 2.05) is 18.5 Å². The van der Waals surface area contributed by atoms with Gasteiger partial charge in [0.1, 0.15) is 11.9 Å². The normalized spacial score (nSPS) is 33.3. The molecule has 5 heteroatoms. The maximum Gasteiger partial charge on any atom is 0.221 e. The Bertz CT molecular complexity index is 1250. The highest BCUT2D eigenvalue weighted by Crippen LogP contribution is 2.60. The van der Waals surface area contributed by atoms with Gasteiger partial charge in [0.25, 0.3) is 0 Å². The number of hydrogen-bond donors (Lipinski definition) is 1. The first-order valence-corrected chi connectivity index (χ1v) is 11.4. The second-order valence-corrected chi connectivity index (χ2v) is 9.83. The summed E-state index contributed by atoms with van der Waals surface area (Å²) in [5, 5.41) is 2.43. The van der Waals surface area contributed by atoms with E-state index in [9.17, 15) is 9.59 Å². The number of carbonyl (C=O) groups is 2. The van der Waals surface area contributed by atoms with Crippen molar-refractivity contribution in [2.45, 2.75) is 44.6 Å². The molecule has 2 heterocycles. The van der Waals surface area contributed by atoms with Gasteiger partial charge in [-0.3, -0.25) is 14.6 Å². The number of nitrogens with two attached hydrogens (primary N) is 1. The molecule has 1 aliphatic heterocycles.